The molecule has 0 aliphatic carbocycles. The van der Waals surface area contributed by atoms with Crippen molar-refractivity contribution in [3.05, 3.63) is 83.9 Å². The van der Waals surface area contributed by atoms with E-state index < -0.39 is 7.82 Å². The Morgan fingerprint density at radius 1 is 0.800 bits per heavy atom. The minimum absolute atomic E-state index is 0. The third kappa shape index (κ3) is 5.61. The van der Waals surface area contributed by atoms with Crippen molar-refractivity contribution in [1.29, 1.82) is 0 Å². The zero-order valence-electron chi connectivity index (χ0n) is 13.5. The van der Waals surface area contributed by atoms with E-state index in [0.717, 1.165) is 11.1 Å². The number of hydrogen-bond acceptors (Lipinski definition) is 4. The van der Waals surface area contributed by atoms with Crippen LogP contribution in [0.15, 0.2) is 78.9 Å². The second kappa shape index (κ2) is 8.91. The van der Waals surface area contributed by atoms with E-state index in [0.29, 0.717) is 5.02 Å². The molecule has 0 fully saturated rings. The Labute approximate surface area is 173 Å². The molecule has 25 heavy (non-hydrogen) atoms. The van der Waals surface area contributed by atoms with Crippen LogP contribution in [0.5, 0.6) is 11.5 Å². The molecule has 3 aromatic rings. The SMILES string of the molecule is O=P([O-])(Oc1ccccc1)Oc1ccc(-c2ccccc2)c(Cl)c1.[Na+]. The van der Waals surface area contributed by atoms with Gasteiger partial charge in [0.25, 0.3) is 0 Å². The van der Waals surface area contributed by atoms with Crippen molar-refractivity contribution in [2.24, 2.45) is 0 Å². The van der Waals surface area contributed by atoms with E-state index in [1.807, 2.05) is 30.3 Å². The van der Waals surface area contributed by atoms with Gasteiger partial charge in [-0.3, -0.25) is 0 Å². The third-order valence-corrected chi connectivity index (χ3v) is 4.38. The van der Waals surface area contributed by atoms with Crippen LogP contribution in [-0.2, 0) is 4.57 Å². The Morgan fingerprint density at radius 2 is 1.36 bits per heavy atom. The maximum atomic E-state index is 12.0. The summed E-state index contributed by atoms with van der Waals surface area (Å²) in [6.07, 6.45) is 0. The summed E-state index contributed by atoms with van der Waals surface area (Å²) < 4.78 is 21.8. The fraction of sp³-hybridized carbons (Fsp3) is 0. The molecular weight excluding hydrogens is 370 g/mol. The van der Waals surface area contributed by atoms with Gasteiger partial charge in [0.15, 0.2) is 0 Å². The van der Waals surface area contributed by atoms with Crippen molar-refractivity contribution in [1.82, 2.24) is 0 Å². The Bertz CT molecular complexity index is 875. The second-order valence-electron chi connectivity index (χ2n) is 4.95. The van der Waals surface area contributed by atoms with Gasteiger partial charge in [0, 0.05) is 5.56 Å². The number of rotatable bonds is 5. The molecule has 0 amide bonds. The summed E-state index contributed by atoms with van der Waals surface area (Å²) in [5.74, 6) is 0.275. The first-order valence-electron chi connectivity index (χ1n) is 7.14. The minimum atomic E-state index is -4.55. The predicted molar refractivity (Wildman–Crippen MR) is 92.2 cm³/mol. The zero-order valence-corrected chi connectivity index (χ0v) is 17.1. The molecule has 4 nitrogen and oxygen atoms in total. The predicted octanol–water partition coefficient (Wildman–Crippen LogP) is 1.94. The van der Waals surface area contributed by atoms with Crippen LogP contribution in [0.3, 0.4) is 0 Å². The van der Waals surface area contributed by atoms with Crippen LogP contribution in [0.25, 0.3) is 11.1 Å². The van der Waals surface area contributed by atoms with Gasteiger partial charge < -0.3 is 13.9 Å². The summed E-state index contributed by atoms with van der Waals surface area (Å²) in [7, 11) is -4.55. The normalized spacial score (nSPS) is 12.6. The maximum Gasteiger partial charge on any atom is 1.00 e. The molecule has 0 aliphatic rings. The van der Waals surface area contributed by atoms with E-state index in [1.54, 1.807) is 24.3 Å². The molecule has 1 unspecified atom stereocenters. The molecule has 3 aromatic carbocycles. The summed E-state index contributed by atoms with van der Waals surface area (Å²) in [5.41, 5.74) is 1.72. The fourth-order valence-electron chi connectivity index (χ4n) is 2.16. The second-order valence-corrected chi connectivity index (χ2v) is 6.62. The monoisotopic (exact) mass is 382 g/mol. The summed E-state index contributed by atoms with van der Waals surface area (Å²) in [6, 6.07) is 22.4. The van der Waals surface area contributed by atoms with Crippen LogP contribution in [0, 0.1) is 0 Å². The number of hydrogen-bond donors (Lipinski definition) is 0. The first-order valence-corrected chi connectivity index (χ1v) is 8.98. The molecule has 0 bridgehead atoms. The molecular formula is C18H13ClNaO4P. The summed E-state index contributed by atoms with van der Waals surface area (Å²) in [5, 5.41) is 0.387. The molecule has 0 saturated carbocycles. The Balaban J connectivity index is 0.00000225. The van der Waals surface area contributed by atoms with Crippen molar-refractivity contribution in [2.75, 3.05) is 0 Å². The number of phosphoric acid groups is 1. The molecule has 0 radical (unpaired) electrons. The first-order chi connectivity index (χ1) is 11.5. The quantitative estimate of drug-likeness (QED) is 0.500. The Kier molecular flexibility index (Phi) is 7.14. The topological polar surface area (TPSA) is 58.6 Å². The first kappa shape index (κ1) is 20.1. The van der Waals surface area contributed by atoms with Crippen LogP contribution in [-0.4, -0.2) is 0 Å². The molecule has 1 atom stereocenters. The maximum absolute atomic E-state index is 12.0. The Morgan fingerprint density at radius 3 is 1.96 bits per heavy atom. The van der Waals surface area contributed by atoms with Crippen LogP contribution in [0.1, 0.15) is 0 Å². The average molecular weight is 383 g/mol. The van der Waals surface area contributed by atoms with E-state index in [2.05, 4.69) is 0 Å². The standard InChI is InChI=1S/C18H14ClO4P.Na/c19-18-13-16(11-12-17(18)14-7-3-1-4-8-14)23-24(20,21)22-15-9-5-2-6-10-15;/h1-13H,(H,20,21);/q;+1/p-1. The van der Waals surface area contributed by atoms with E-state index >= 15 is 0 Å². The molecule has 0 aromatic heterocycles. The van der Waals surface area contributed by atoms with Gasteiger partial charge in [0.2, 0.25) is 0 Å². The van der Waals surface area contributed by atoms with E-state index in [1.165, 1.54) is 24.3 Å². The number of benzene rings is 3. The number of phosphoric ester groups is 1. The van der Waals surface area contributed by atoms with Gasteiger partial charge in [0.05, 0.1) is 5.02 Å². The largest absolute Gasteiger partial charge is 1.00 e. The molecule has 0 aliphatic heterocycles. The van der Waals surface area contributed by atoms with Crippen molar-refractivity contribution in [3.8, 4) is 22.6 Å². The van der Waals surface area contributed by atoms with Crippen LogP contribution in [0.2, 0.25) is 5.02 Å². The van der Waals surface area contributed by atoms with Gasteiger partial charge in [0.1, 0.15) is 11.5 Å². The van der Waals surface area contributed by atoms with Crippen molar-refractivity contribution < 1.29 is 48.1 Å². The Hall–Kier alpha value is -1.26. The molecule has 0 saturated heterocycles. The van der Waals surface area contributed by atoms with Gasteiger partial charge in [-0.15, -0.1) is 0 Å². The van der Waals surface area contributed by atoms with Crippen LogP contribution < -0.4 is 43.5 Å². The van der Waals surface area contributed by atoms with Gasteiger partial charge >= 0.3 is 37.4 Å². The van der Waals surface area contributed by atoms with Crippen molar-refractivity contribution in [3.63, 3.8) is 0 Å². The molecule has 3 rings (SSSR count). The van der Waals surface area contributed by atoms with E-state index in [9.17, 15) is 9.46 Å². The zero-order chi connectivity index (χ0) is 17.0. The molecule has 0 spiro atoms. The summed E-state index contributed by atoms with van der Waals surface area (Å²) in [6.45, 7) is 0. The number of halogens is 1. The van der Waals surface area contributed by atoms with E-state index in [4.69, 9.17) is 20.6 Å². The fourth-order valence-corrected chi connectivity index (χ4v) is 3.23. The average Bonchev–Trinajstić information content (AvgIpc) is 2.56. The van der Waals surface area contributed by atoms with Crippen LogP contribution in [0.4, 0.5) is 0 Å². The van der Waals surface area contributed by atoms with Gasteiger partial charge in [-0.05, 0) is 35.9 Å². The third-order valence-electron chi connectivity index (χ3n) is 3.20. The number of para-hydroxylation sites is 1. The molecule has 122 valence electrons. The van der Waals surface area contributed by atoms with Crippen molar-refractivity contribution in [2.45, 2.75) is 0 Å². The van der Waals surface area contributed by atoms with Crippen molar-refractivity contribution >= 4 is 19.4 Å². The smallest absolute Gasteiger partial charge is 0.736 e. The molecule has 7 heteroatoms. The summed E-state index contributed by atoms with van der Waals surface area (Å²) >= 11 is 6.24. The minimum Gasteiger partial charge on any atom is -0.736 e. The van der Waals surface area contributed by atoms with Crippen LogP contribution >= 0.6 is 19.4 Å². The van der Waals surface area contributed by atoms with Gasteiger partial charge in [-0.1, -0.05) is 60.1 Å². The molecule has 0 heterocycles. The van der Waals surface area contributed by atoms with E-state index in [-0.39, 0.29) is 41.1 Å². The van der Waals surface area contributed by atoms with Gasteiger partial charge in [-0.2, -0.15) is 0 Å². The van der Waals surface area contributed by atoms with Gasteiger partial charge in [-0.25, -0.2) is 4.57 Å². The molecule has 0 N–H and O–H groups in total. The summed E-state index contributed by atoms with van der Waals surface area (Å²) in [4.78, 5) is 12.0.